The number of H-pyrrole nitrogens is 1. The first-order valence-electron chi connectivity index (χ1n) is 11.4. The standard InChI is InChI=1S/C21H34N6O3/c1-2-16-14-26(30)27-18(22-12-15-6-7-20(29)23-13-15)11-19(24-21(16)27)25-9-4-3-5-17(25)8-10-28/h6-7,13,16-19,21-22,24,28H,2-5,8-12,14H2,1H3/p+1/t16?,17-,18?,19?,21?/m0/s1. The van der Waals surface area contributed by atoms with Gasteiger partial charge in [-0.3, -0.25) is 20.3 Å². The molecule has 3 saturated heterocycles. The lowest BCUT2D eigenvalue weighted by atomic mass is 9.96. The molecule has 4 rings (SSSR count). The highest BCUT2D eigenvalue weighted by molar-refractivity contribution is 5.08. The average Bonchev–Trinajstić information content (AvgIpc) is 3.09. The molecule has 3 fully saturated rings. The van der Waals surface area contributed by atoms with Crippen molar-refractivity contribution in [2.75, 3.05) is 19.7 Å². The number of hydrazine groups is 1. The Morgan fingerprint density at radius 1 is 1.33 bits per heavy atom. The van der Waals surface area contributed by atoms with E-state index in [1.54, 1.807) is 6.20 Å². The zero-order chi connectivity index (χ0) is 21.1. The number of pyridine rings is 1. The molecule has 3 aliphatic heterocycles. The Balaban J connectivity index is 1.52. The summed E-state index contributed by atoms with van der Waals surface area (Å²) in [5.41, 5.74) is 0.873. The molecule has 0 radical (unpaired) electrons. The second-order valence-corrected chi connectivity index (χ2v) is 8.80. The van der Waals surface area contributed by atoms with Crippen LogP contribution in [-0.4, -0.2) is 69.1 Å². The van der Waals surface area contributed by atoms with Crippen LogP contribution in [0, 0.1) is 10.8 Å². The maximum atomic E-state index is 12.8. The molecule has 4 heterocycles. The van der Waals surface area contributed by atoms with Gasteiger partial charge in [0.2, 0.25) is 12.1 Å². The van der Waals surface area contributed by atoms with Gasteiger partial charge in [-0.05, 0) is 37.8 Å². The summed E-state index contributed by atoms with van der Waals surface area (Å²) in [5, 5.41) is 18.8. The van der Waals surface area contributed by atoms with Crippen molar-refractivity contribution in [3.05, 3.63) is 39.2 Å². The van der Waals surface area contributed by atoms with Crippen LogP contribution >= 0.6 is 0 Å². The summed E-state index contributed by atoms with van der Waals surface area (Å²) in [6.07, 6.45) is 7.87. The first-order chi connectivity index (χ1) is 14.6. The summed E-state index contributed by atoms with van der Waals surface area (Å²) in [4.78, 5) is 30.4. The summed E-state index contributed by atoms with van der Waals surface area (Å²) in [6, 6.07) is 3.73. The van der Waals surface area contributed by atoms with Gasteiger partial charge in [0.05, 0.1) is 17.0 Å². The normalized spacial score (nSPS) is 32.4. The fourth-order valence-electron chi connectivity index (χ4n) is 5.34. The number of piperidine rings is 1. The van der Waals surface area contributed by atoms with Crippen LogP contribution in [0.5, 0.6) is 0 Å². The molecule has 1 aromatic rings. The molecule has 30 heavy (non-hydrogen) atoms. The summed E-state index contributed by atoms with van der Waals surface area (Å²) >= 11 is 0. The molecule has 0 saturated carbocycles. The lowest BCUT2D eigenvalue weighted by molar-refractivity contribution is -0.703. The van der Waals surface area contributed by atoms with Crippen LogP contribution in [0.25, 0.3) is 0 Å². The average molecular weight is 420 g/mol. The Hall–Kier alpha value is -1.81. The summed E-state index contributed by atoms with van der Waals surface area (Å²) in [7, 11) is 0. The van der Waals surface area contributed by atoms with Crippen LogP contribution in [0.1, 0.15) is 51.0 Å². The van der Waals surface area contributed by atoms with Crippen LogP contribution in [0.2, 0.25) is 0 Å². The number of nitrogens with one attached hydrogen (secondary N) is 3. The Morgan fingerprint density at radius 2 is 2.20 bits per heavy atom. The Labute approximate surface area is 177 Å². The molecule has 0 amide bonds. The molecular weight excluding hydrogens is 384 g/mol. The van der Waals surface area contributed by atoms with Gasteiger partial charge >= 0.3 is 0 Å². The Bertz CT molecular complexity index is 764. The van der Waals surface area contributed by atoms with Crippen molar-refractivity contribution >= 4 is 0 Å². The van der Waals surface area contributed by atoms with Crippen molar-refractivity contribution < 1.29 is 9.98 Å². The van der Waals surface area contributed by atoms with Gasteiger partial charge in [0, 0.05) is 37.9 Å². The summed E-state index contributed by atoms with van der Waals surface area (Å²) in [5.74, 6) is 0.281. The number of nitrogens with zero attached hydrogens (tertiary/aromatic N) is 3. The Kier molecular flexibility index (Phi) is 6.82. The molecule has 0 aromatic carbocycles. The molecule has 0 aliphatic carbocycles. The molecule has 9 nitrogen and oxygen atoms in total. The van der Waals surface area contributed by atoms with Crippen molar-refractivity contribution in [1.82, 2.24) is 25.5 Å². The number of aliphatic hydroxyl groups is 1. The molecule has 0 bridgehead atoms. The van der Waals surface area contributed by atoms with E-state index < -0.39 is 0 Å². The highest BCUT2D eigenvalue weighted by atomic mass is 16.3. The third-order valence-electron chi connectivity index (χ3n) is 6.96. The lowest BCUT2D eigenvalue weighted by Crippen LogP contribution is -2.68. The Morgan fingerprint density at radius 3 is 2.93 bits per heavy atom. The number of aromatic nitrogens is 1. The van der Waals surface area contributed by atoms with E-state index in [1.165, 1.54) is 18.9 Å². The predicted molar refractivity (Wildman–Crippen MR) is 113 cm³/mol. The highest BCUT2D eigenvalue weighted by Crippen LogP contribution is 2.32. The summed E-state index contributed by atoms with van der Waals surface area (Å²) in [6.45, 7) is 4.48. The van der Waals surface area contributed by atoms with Crippen molar-refractivity contribution in [3.8, 4) is 0 Å². The summed E-state index contributed by atoms with van der Waals surface area (Å²) < 4.78 is 0. The van der Waals surface area contributed by atoms with Crippen LogP contribution < -0.4 is 16.2 Å². The quantitative estimate of drug-likeness (QED) is 0.483. The van der Waals surface area contributed by atoms with E-state index in [-0.39, 0.29) is 36.6 Å². The zero-order valence-electron chi connectivity index (χ0n) is 17.8. The monoisotopic (exact) mass is 419 g/mol. The second kappa shape index (κ2) is 9.55. The van der Waals surface area contributed by atoms with Crippen LogP contribution in [-0.2, 0) is 6.54 Å². The van der Waals surface area contributed by atoms with Gasteiger partial charge in [-0.2, -0.15) is 0 Å². The van der Waals surface area contributed by atoms with Gasteiger partial charge in [-0.25, -0.2) is 0 Å². The van der Waals surface area contributed by atoms with E-state index in [0.717, 1.165) is 42.7 Å². The lowest BCUT2D eigenvalue weighted by Gasteiger charge is -2.47. The smallest absolute Gasteiger partial charge is 0.247 e. The molecule has 9 heteroatoms. The van der Waals surface area contributed by atoms with E-state index in [1.807, 2.05) is 11.1 Å². The first kappa shape index (κ1) is 21.4. The number of rotatable bonds is 7. The third-order valence-corrected chi connectivity index (χ3v) is 6.96. The zero-order valence-corrected chi connectivity index (χ0v) is 17.8. The number of aliphatic hydroxyl groups excluding tert-OH is 1. The molecule has 4 unspecified atom stereocenters. The highest BCUT2D eigenvalue weighted by Gasteiger charge is 2.54. The van der Waals surface area contributed by atoms with E-state index in [9.17, 15) is 14.8 Å². The number of hydrogen-bond acceptors (Lipinski definition) is 6. The molecule has 3 aliphatic rings. The van der Waals surface area contributed by atoms with Gasteiger partial charge in [-0.15, -0.1) is 5.01 Å². The van der Waals surface area contributed by atoms with Gasteiger partial charge in [0.15, 0.2) is 6.17 Å². The van der Waals surface area contributed by atoms with Crippen molar-refractivity contribution in [3.63, 3.8) is 0 Å². The molecular formula is C21H35N6O3+. The van der Waals surface area contributed by atoms with Gasteiger partial charge in [0.25, 0.3) is 0 Å². The SMILES string of the molecule is CCC1C[N+](=O)N2C(NCc3ccc(=O)[nH]c3)CC(N3CCCC[C@H]3CCO)NC12. The number of hydrogen-bond donors (Lipinski definition) is 4. The third kappa shape index (κ3) is 4.44. The molecule has 0 spiro atoms. The molecule has 1 aromatic heterocycles. The van der Waals surface area contributed by atoms with Crippen LogP contribution in [0.4, 0.5) is 0 Å². The topological polar surface area (TPSA) is 104 Å². The molecule has 166 valence electrons. The van der Waals surface area contributed by atoms with E-state index in [0.29, 0.717) is 19.1 Å². The molecule has 4 N–H and O–H groups in total. The fourth-order valence-corrected chi connectivity index (χ4v) is 5.34. The van der Waals surface area contributed by atoms with Crippen molar-refractivity contribution in [2.24, 2.45) is 5.92 Å². The predicted octanol–water partition coefficient (Wildman–Crippen LogP) is 0.709. The largest absolute Gasteiger partial charge is 0.396 e. The van der Waals surface area contributed by atoms with Gasteiger partial charge in [0.1, 0.15) is 11.0 Å². The minimum Gasteiger partial charge on any atom is -0.396 e. The number of aromatic amines is 1. The number of nitroso groups, excluding NO2 is 1. The second-order valence-electron chi connectivity index (χ2n) is 8.80. The molecule has 5 atom stereocenters. The van der Waals surface area contributed by atoms with Gasteiger partial charge < -0.3 is 10.1 Å². The maximum absolute atomic E-state index is 12.8. The van der Waals surface area contributed by atoms with Crippen molar-refractivity contribution in [2.45, 2.75) is 76.5 Å². The minimum atomic E-state index is -0.114. The number of likely N-dealkylation sites (tertiary alicyclic amines) is 1. The van der Waals surface area contributed by atoms with E-state index in [2.05, 4.69) is 27.4 Å². The van der Waals surface area contributed by atoms with Gasteiger partial charge in [-0.1, -0.05) is 19.4 Å². The first-order valence-corrected chi connectivity index (χ1v) is 11.4. The van der Waals surface area contributed by atoms with E-state index in [4.69, 9.17) is 0 Å². The fraction of sp³-hybridized carbons (Fsp3) is 0.762. The van der Waals surface area contributed by atoms with E-state index >= 15 is 0 Å². The van der Waals surface area contributed by atoms with Crippen LogP contribution in [0.3, 0.4) is 0 Å². The van der Waals surface area contributed by atoms with Crippen LogP contribution in [0.15, 0.2) is 23.1 Å². The van der Waals surface area contributed by atoms with Crippen molar-refractivity contribution in [1.29, 1.82) is 0 Å². The minimum absolute atomic E-state index is 0.0102. The maximum Gasteiger partial charge on any atom is 0.247 e. The number of fused-ring (bicyclic) bond motifs is 1.